The Morgan fingerprint density at radius 1 is 1.42 bits per heavy atom. The van der Waals surface area contributed by atoms with Gasteiger partial charge in [0.25, 0.3) is 10.1 Å². The van der Waals surface area contributed by atoms with Gasteiger partial charge in [0.15, 0.2) is 0 Å². The lowest BCUT2D eigenvalue weighted by Gasteiger charge is -2.01. The Labute approximate surface area is 75.7 Å². The Morgan fingerprint density at radius 2 is 2.00 bits per heavy atom. The van der Waals surface area contributed by atoms with E-state index >= 15 is 0 Å². The summed E-state index contributed by atoms with van der Waals surface area (Å²) in [6.07, 6.45) is 0. The van der Waals surface area contributed by atoms with Gasteiger partial charge in [-0.25, -0.2) is 0 Å². The summed E-state index contributed by atoms with van der Waals surface area (Å²) in [6.45, 7) is 1.66. The van der Waals surface area contributed by atoms with Crippen LogP contribution >= 0.6 is 11.6 Å². The van der Waals surface area contributed by atoms with Crippen molar-refractivity contribution in [2.75, 3.05) is 0 Å². The van der Waals surface area contributed by atoms with Crippen molar-refractivity contribution in [2.45, 2.75) is 11.8 Å². The Balaban J connectivity index is 3.47. The van der Waals surface area contributed by atoms with Crippen LogP contribution in [0.1, 0.15) is 5.56 Å². The largest absolute Gasteiger partial charge is 0.296 e. The van der Waals surface area contributed by atoms with Crippen LogP contribution in [-0.4, -0.2) is 13.0 Å². The molecule has 66 valence electrons. The van der Waals surface area contributed by atoms with Crippen molar-refractivity contribution < 1.29 is 13.0 Å². The molecule has 0 aliphatic rings. The van der Waals surface area contributed by atoms with Crippen LogP contribution in [0.3, 0.4) is 0 Å². The van der Waals surface area contributed by atoms with E-state index in [1.54, 1.807) is 13.0 Å². The van der Waals surface area contributed by atoms with E-state index in [0.29, 0.717) is 5.56 Å². The van der Waals surface area contributed by atoms with Crippen LogP contribution in [0.4, 0.5) is 0 Å². The van der Waals surface area contributed by atoms with Crippen LogP contribution in [-0.2, 0) is 10.1 Å². The summed E-state index contributed by atoms with van der Waals surface area (Å²) >= 11 is 5.64. The Hall–Kier alpha value is -0.580. The van der Waals surface area contributed by atoms with Crippen LogP contribution in [0, 0.1) is 6.92 Å². The van der Waals surface area contributed by atoms with Gasteiger partial charge in [-0.3, -0.25) is 4.55 Å². The predicted molar refractivity (Wildman–Crippen MR) is 46.0 cm³/mol. The van der Waals surface area contributed by atoms with Gasteiger partial charge in [-0.05, 0) is 18.6 Å². The molecule has 12 heavy (non-hydrogen) atoms. The Bertz CT molecular complexity index is 397. The molecule has 0 aliphatic carbocycles. The van der Waals surface area contributed by atoms with Crippen LogP contribution in [0.2, 0.25) is 5.02 Å². The molecule has 1 aromatic carbocycles. The van der Waals surface area contributed by atoms with Gasteiger partial charge in [0.1, 0.15) is 4.90 Å². The fourth-order valence-electron chi connectivity index (χ4n) is 0.820. The molecule has 0 fully saturated rings. The number of hydrogen-bond acceptors (Lipinski definition) is 2. The number of benzene rings is 1. The molecule has 0 amide bonds. The molecule has 0 saturated carbocycles. The highest BCUT2D eigenvalue weighted by Crippen LogP contribution is 2.23. The standard InChI is InChI=1S/C7H7ClO3S/c1-5-3-2-4-6(7(5)8)12(9,10)11/h2-4H,1H3,(H,9,10,11). The summed E-state index contributed by atoms with van der Waals surface area (Å²) in [5.41, 5.74) is 0.617. The Morgan fingerprint density at radius 3 is 2.42 bits per heavy atom. The molecule has 0 spiro atoms. The van der Waals surface area contributed by atoms with E-state index in [9.17, 15) is 8.42 Å². The molecular formula is C7H7ClO3S. The van der Waals surface area contributed by atoms with Gasteiger partial charge in [-0.2, -0.15) is 8.42 Å². The summed E-state index contributed by atoms with van der Waals surface area (Å²) in [5.74, 6) is 0. The van der Waals surface area contributed by atoms with E-state index in [1.165, 1.54) is 12.1 Å². The topological polar surface area (TPSA) is 54.4 Å². The lowest BCUT2D eigenvalue weighted by atomic mass is 10.2. The summed E-state index contributed by atoms with van der Waals surface area (Å²) in [6, 6.07) is 4.44. The van der Waals surface area contributed by atoms with Gasteiger partial charge < -0.3 is 0 Å². The van der Waals surface area contributed by atoms with Crippen molar-refractivity contribution in [3.63, 3.8) is 0 Å². The number of hydrogen-bond donors (Lipinski definition) is 1. The molecule has 1 N–H and O–H groups in total. The fourth-order valence-corrected chi connectivity index (χ4v) is 1.88. The lowest BCUT2D eigenvalue weighted by molar-refractivity contribution is 0.483. The highest BCUT2D eigenvalue weighted by atomic mass is 35.5. The molecule has 0 radical (unpaired) electrons. The quantitative estimate of drug-likeness (QED) is 0.714. The van der Waals surface area contributed by atoms with E-state index in [2.05, 4.69) is 0 Å². The molecule has 0 heterocycles. The fraction of sp³-hybridized carbons (Fsp3) is 0.143. The van der Waals surface area contributed by atoms with Gasteiger partial charge in [-0.15, -0.1) is 0 Å². The van der Waals surface area contributed by atoms with Gasteiger partial charge in [0.2, 0.25) is 0 Å². The molecule has 0 unspecified atom stereocenters. The van der Waals surface area contributed by atoms with E-state index in [1.807, 2.05) is 0 Å². The number of aryl methyl sites for hydroxylation is 1. The predicted octanol–water partition coefficient (Wildman–Crippen LogP) is 1.90. The van der Waals surface area contributed by atoms with Crippen molar-refractivity contribution >= 4 is 21.7 Å². The van der Waals surface area contributed by atoms with Gasteiger partial charge in [-0.1, -0.05) is 23.7 Å². The molecule has 0 atom stereocenters. The average molecular weight is 207 g/mol. The molecular weight excluding hydrogens is 200 g/mol. The maximum Gasteiger partial charge on any atom is 0.296 e. The van der Waals surface area contributed by atoms with Crippen molar-refractivity contribution in [3.8, 4) is 0 Å². The maximum atomic E-state index is 10.7. The molecule has 0 aliphatic heterocycles. The van der Waals surface area contributed by atoms with E-state index in [-0.39, 0.29) is 9.92 Å². The number of rotatable bonds is 1. The average Bonchev–Trinajstić information content (AvgIpc) is 1.92. The van der Waals surface area contributed by atoms with Crippen LogP contribution in [0.25, 0.3) is 0 Å². The lowest BCUT2D eigenvalue weighted by Crippen LogP contribution is -1.99. The molecule has 0 aromatic heterocycles. The third-order valence-electron chi connectivity index (χ3n) is 1.43. The van der Waals surface area contributed by atoms with Crippen molar-refractivity contribution in [1.29, 1.82) is 0 Å². The SMILES string of the molecule is Cc1cccc(S(=O)(=O)O)c1Cl. The zero-order valence-corrected chi connectivity index (χ0v) is 7.85. The Kier molecular flexibility index (Phi) is 2.41. The minimum Gasteiger partial charge on any atom is -0.282 e. The molecule has 1 aromatic rings. The second-order valence-corrected chi connectivity index (χ2v) is 4.13. The van der Waals surface area contributed by atoms with Crippen molar-refractivity contribution in [3.05, 3.63) is 28.8 Å². The zero-order chi connectivity index (χ0) is 9.35. The first-order chi connectivity index (χ1) is 5.43. The van der Waals surface area contributed by atoms with Gasteiger partial charge in [0.05, 0.1) is 5.02 Å². The van der Waals surface area contributed by atoms with Gasteiger partial charge in [0, 0.05) is 0 Å². The first-order valence-electron chi connectivity index (χ1n) is 3.15. The smallest absolute Gasteiger partial charge is 0.282 e. The summed E-state index contributed by atoms with van der Waals surface area (Å²) in [4.78, 5) is -0.246. The van der Waals surface area contributed by atoms with Crippen molar-refractivity contribution in [1.82, 2.24) is 0 Å². The zero-order valence-electron chi connectivity index (χ0n) is 6.28. The van der Waals surface area contributed by atoms with E-state index in [0.717, 1.165) is 0 Å². The molecule has 3 nitrogen and oxygen atoms in total. The highest BCUT2D eigenvalue weighted by molar-refractivity contribution is 7.86. The van der Waals surface area contributed by atoms with E-state index in [4.69, 9.17) is 16.2 Å². The molecule has 1 rings (SSSR count). The molecule has 0 saturated heterocycles. The third-order valence-corrected chi connectivity index (χ3v) is 2.94. The third kappa shape index (κ3) is 1.77. The minimum absolute atomic E-state index is 0.0694. The second kappa shape index (κ2) is 3.05. The normalized spacial score (nSPS) is 11.6. The highest BCUT2D eigenvalue weighted by Gasteiger charge is 2.14. The van der Waals surface area contributed by atoms with Crippen LogP contribution < -0.4 is 0 Å². The summed E-state index contributed by atoms with van der Waals surface area (Å²) in [5, 5.41) is 0.0694. The van der Waals surface area contributed by atoms with Crippen molar-refractivity contribution in [2.24, 2.45) is 0 Å². The van der Waals surface area contributed by atoms with Gasteiger partial charge >= 0.3 is 0 Å². The summed E-state index contributed by atoms with van der Waals surface area (Å²) < 4.78 is 30.0. The summed E-state index contributed by atoms with van der Waals surface area (Å²) in [7, 11) is -4.19. The van der Waals surface area contributed by atoms with Crippen LogP contribution in [0.15, 0.2) is 23.1 Å². The molecule has 5 heteroatoms. The van der Waals surface area contributed by atoms with Crippen LogP contribution in [0.5, 0.6) is 0 Å². The second-order valence-electron chi connectivity index (χ2n) is 2.36. The molecule has 0 bridgehead atoms. The monoisotopic (exact) mass is 206 g/mol. The number of halogens is 1. The maximum absolute atomic E-state index is 10.7. The first kappa shape index (κ1) is 9.51. The minimum atomic E-state index is -4.19. The first-order valence-corrected chi connectivity index (χ1v) is 4.97. The van der Waals surface area contributed by atoms with E-state index < -0.39 is 10.1 Å².